The maximum Gasteiger partial charge on any atom is 0.186 e. The summed E-state index contributed by atoms with van der Waals surface area (Å²) in [6.07, 6.45) is 9.83. The Hall–Kier alpha value is -0.840. The van der Waals surface area contributed by atoms with Gasteiger partial charge in [0.05, 0.1) is 5.69 Å². The van der Waals surface area contributed by atoms with Crippen LogP contribution in [0.3, 0.4) is 0 Å². The van der Waals surface area contributed by atoms with Crippen LogP contribution < -0.4 is 5.32 Å². The smallest absolute Gasteiger partial charge is 0.186 e. The number of aryl methyl sites for hydroxylation is 1. The molecular formula is C13H20FN3S. The number of nitrogens with zero attached hydrogens (tertiary/aromatic N) is 2. The Labute approximate surface area is 112 Å². The van der Waals surface area contributed by atoms with E-state index in [9.17, 15) is 4.39 Å². The molecule has 1 aromatic heterocycles. The Bertz CT molecular complexity index is 405. The van der Waals surface area contributed by atoms with Gasteiger partial charge in [0.1, 0.15) is 6.33 Å². The summed E-state index contributed by atoms with van der Waals surface area (Å²) in [6.45, 7) is 2.44. The van der Waals surface area contributed by atoms with Gasteiger partial charge in [-0.25, -0.2) is 14.4 Å². The Morgan fingerprint density at radius 1 is 1.33 bits per heavy atom. The molecular weight excluding hydrogens is 249 g/mol. The number of thioether (sulfide) groups is 1. The Morgan fingerprint density at radius 2 is 2.06 bits per heavy atom. The van der Waals surface area contributed by atoms with E-state index in [1.54, 1.807) is 6.92 Å². The van der Waals surface area contributed by atoms with E-state index < -0.39 is 0 Å². The first-order chi connectivity index (χ1) is 8.67. The number of hydrogen-bond donors (Lipinski definition) is 1. The molecule has 1 aliphatic rings. The van der Waals surface area contributed by atoms with E-state index in [-0.39, 0.29) is 10.6 Å². The number of hydrogen-bond acceptors (Lipinski definition) is 4. The minimum atomic E-state index is -0.329. The SMILES string of the molecule is CSC1(CNc2ncnc(C)c2F)CCCCC1. The van der Waals surface area contributed by atoms with Gasteiger partial charge in [-0.2, -0.15) is 11.8 Å². The van der Waals surface area contributed by atoms with Crippen LogP contribution in [-0.4, -0.2) is 27.5 Å². The monoisotopic (exact) mass is 269 g/mol. The Balaban J connectivity index is 2.03. The number of nitrogens with one attached hydrogen (secondary N) is 1. The van der Waals surface area contributed by atoms with Crippen molar-refractivity contribution < 1.29 is 4.39 Å². The van der Waals surface area contributed by atoms with Crippen molar-refractivity contribution in [3.8, 4) is 0 Å². The first kappa shape index (κ1) is 13.6. The van der Waals surface area contributed by atoms with Crippen LogP contribution in [0.2, 0.25) is 0 Å². The predicted octanol–water partition coefficient (Wildman–Crippen LogP) is 3.40. The van der Waals surface area contributed by atoms with Crippen molar-refractivity contribution >= 4 is 17.6 Å². The number of halogens is 1. The van der Waals surface area contributed by atoms with Gasteiger partial charge >= 0.3 is 0 Å². The lowest BCUT2D eigenvalue weighted by atomic mass is 9.88. The van der Waals surface area contributed by atoms with Crippen LogP contribution in [-0.2, 0) is 0 Å². The minimum absolute atomic E-state index is 0.240. The third kappa shape index (κ3) is 2.94. The van der Waals surface area contributed by atoms with Crippen LogP contribution >= 0.6 is 11.8 Å². The van der Waals surface area contributed by atoms with Crippen molar-refractivity contribution in [2.75, 3.05) is 18.1 Å². The van der Waals surface area contributed by atoms with Gasteiger partial charge in [-0.05, 0) is 26.0 Å². The van der Waals surface area contributed by atoms with Crippen LogP contribution in [0.25, 0.3) is 0 Å². The summed E-state index contributed by atoms with van der Waals surface area (Å²) in [6, 6.07) is 0. The van der Waals surface area contributed by atoms with Crippen molar-refractivity contribution in [3.05, 3.63) is 17.8 Å². The molecule has 18 heavy (non-hydrogen) atoms. The molecule has 1 aromatic rings. The fraction of sp³-hybridized carbons (Fsp3) is 0.692. The first-order valence-corrected chi connectivity index (χ1v) is 7.65. The lowest BCUT2D eigenvalue weighted by Crippen LogP contribution is -2.36. The molecule has 0 amide bonds. The summed E-state index contributed by atoms with van der Waals surface area (Å²) >= 11 is 1.89. The highest BCUT2D eigenvalue weighted by atomic mass is 32.2. The molecule has 1 heterocycles. The third-order valence-corrected chi connectivity index (χ3v) is 5.16. The predicted molar refractivity (Wildman–Crippen MR) is 74.5 cm³/mol. The molecule has 0 radical (unpaired) electrons. The zero-order chi connectivity index (χ0) is 13.0. The molecule has 0 aliphatic heterocycles. The van der Waals surface area contributed by atoms with E-state index in [2.05, 4.69) is 21.5 Å². The van der Waals surface area contributed by atoms with E-state index in [1.165, 1.54) is 38.4 Å². The lowest BCUT2D eigenvalue weighted by molar-refractivity contribution is 0.410. The van der Waals surface area contributed by atoms with Gasteiger partial charge in [0.2, 0.25) is 0 Å². The molecule has 2 rings (SSSR count). The molecule has 100 valence electrons. The molecule has 0 spiro atoms. The number of rotatable bonds is 4. The lowest BCUT2D eigenvalue weighted by Gasteiger charge is -2.36. The fourth-order valence-electron chi connectivity index (χ4n) is 2.48. The molecule has 0 bridgehead atoms. The van der Waals surface area contributed by atoms with E-state index >= 15 is 0 Å². The van der Waals surface area contributed by atoms with Crippen LogP contribution in [0.4, 0.5) is 10.2 Å². The summed E-state index contributed by atoms with van der Waals surface area (Å²) in [5.41, 5.74) is 0.398. The van der Waals surface area contributed by atoms with Gasteiger partial charge in [0, 0.05) is 11.3 Å². The summed E-state index contributed by atoms with van der Waals surface area (Å²) < 4.78 is 14.0. The second-order valence-electron chi connectivity index (χ2n) is 4.92. The van der Waals surface area contributed by atoms with Gasteiger partial charge in [-0.15, -0.1) is 0 Å². The standard InChI is InChI=1S/C13H20FN3S/c1-10-11(14)12(17-9-16-10)15-8-13(18-2)6-4-3-5-7-13/h9H,3-8H2,1-2H3,(H,15,16,17). The Morgan fingerprint density at radius 3 is 2.72 bits per heavy atom. The van der Waals surface area contributed by atoms with Crippen LogP contribution in [0.15, 0.2) is 6.33 Å². The average Bonchev–Trinajstić information content (AvgIpc) is 2.41. The largest absolute Gasteiger partial charge is 0.366 e. The highest BCUT2D eigenvalue weighted by molar-refractivity contribution is 8.00. The molecule has 1 fully saturated rings. The summed E-state index contributed by atoms with van der Waals surface area (Å²) in [5.74, 6) is 0.00561. The van der Waals surface area contributed by atoms with E-state index in [1.807, 2.05) is 11.8 Å². The summed E-state index contributed by atoms with van der Waals surface area (Å²) in [7, 11) is 0. The van der Waals surface area contributed by atoms with Crippen molar-refractivity contribution in [1.82, 2.24) is 9.97 Å². The third-order valence-electron chi connectivity index (χ3n) is 3.74. The number of aromatic nitrogens is 2. The topological polar surface area (TPSA) is 37.8 Å². The highest BCUT2D eigenvalue weighted by Gasteiger charge is 2.31. The van der Waals surface area contributed by atoms with Crippen LogP contribution in [0.5, 0.6) is 0 Å². The molecule has 0 aromatic carbocycles. The Kier molecular flexibility index (Phi) is 4.43. The zero-order valence-electron chi connectivity index (χ0n) is 11.0. The second kappa shape index (κ2) is 5.87. The number of anilines is 1. The normalized spacial score (nSPS) is 18.6. The quantitative estimate of drug-likeness (QED) is 0.909. The van der Waals surface area contributed by atoms with Crippen LogP contribution in [0.1, 0.15) is 37.8 Å². The van der Waals surface area contributed by atoms with Crippen LogP contribution in [0, 0.1) is 12.7 Å². The molecule has 1 aliphatic carbocycles. The van der Waals surface area contributed by atoms with E-state index in [0.717, 1.165) is 6.54 Å². The van der Waals surface area contributed by atoms with E-state index in [4.69, 9.17) is 0 Å². The summed E-state index contributed by atoms with van der Waals surface area (Å²) in [5, 5.41) is 3.17. The molecule has 1 N–H and O–H groups in total. The van der Waals surface area contributed by atoms with Crippen molar-refractivity contribution in [3.63, 3.8) is 0 Å². The van der Waals surface area contributed by atoms with Gasteiger partial charge in [-0.3, -0.25) is 0 Å². The van der Waals surface area contributed by atoms with Crippen molar-refractivity contribution in [2.24, 2.45) is 0 Å². The van der Waals surface area contributed by atoms with E-state index in [0.29, 0.717) is 11.5 Å². The minimum Gasteiger partial charge on any atom is -0.366 e. The van der Waals surface area contributed by atoms with Gasteiger partial charge < -0.3 is 5.32 Å². The summed E-state index contributed by atoms with van der Waals surface area (Å²) in [4.78, 5) is 7.82. The molecule has 0 saturated heterocycles. The zero-order valence-corrected chi connectivity index (χ0v) is 11.8. The molecule has 0 atom stereocenters. The maximum atomic E-state index is 13.8. The molecule has 5 heteroatoms. The average molecular weight is 269 g/mol. The van der Waals surface area contributed by atoms with Crippen molar-refractivity contribution in [2.45, 2.75) is 43.8 Å². The molecule has 1 saturated carbocycles. The molecule has 3 nitrogen and oxygen atoms in total. The first-order valence-electron chi connectivity index (χ1n) is 6.43. The van der Waals surface area contributed by atoms with Gasteiger partial charge in [0.25, 0.3) is 0 Å². The highest BCUT2D eigenvalue weighted by Crippen LogP contribution is 2.38. The fourth-order valence-corrected chi connectivity index (χ4v) is 3.39. The van der Waals surface area contributed by atoms with Crippen molar-refractivity contribution in [1.29, 1.82) is 0 Å². The molecule has 0 unspecified atom stereocenters. The van der Waals surface area contributed by atoms with Gasteiger partial charge in [0.15, 0.2) is 11.6 Å². The second-order valence-corrected chi connectivity index (χ2v) is 6.20. The van der Waals surface area contributed by atoms with Gasteiger partial charge in [-0.1, -0.05) is 19.3 Å². The maximum absolute atomic E-state index is 13.8.